The molecule has 0 radical (unpaired) electrons. The fourth-order valence-corrected chi connectivity index (χ4v) is 2.69. The van der Waals surface area contributed by atoms with Crippen LogP contribution in [0.3, 0.4) is 0 Å². The van der Waals surface area contributed by atoms with E-state index in [0.29, 0.717) is 6.04 Å². The topological polar surface area (TPSA) is 38.3 Å². The first-order valence-corrected chi connectivity index (χ1v) is 6.46. The number of thiophene rings is 1. The third kappa shape index (κ3) is 2.13. The van der Waals surface area contributed by atoms with Crippen LogP contribution in [0.2, 0.25) is 0 Å². The van der Waals surface area contributed by atoms with Gasteiger partial charge >= 0.3 is 0 Å². The van der Waals surface area contributed by atoms with Gasteiger partial charge in [-0.15, -0.1) is 11.3 Å². The van der Waals surface area contributed by atoms with Crippen LogP contribution in [0.15, 0.2) is 24.3 Å². The second-order valence-electron chi connectivity index (χ2n) is 4.26. The number of hydrogen-bond donors (Lipinski definition) is 1. The van der Waals surface area contributed by atoms with Gasteiger partial charge in [0, 0.05) is 10.7 Å². The molecule has 1 amide bonds. The summed E-state index contributed by atoms with van der Waals surface area (Å²) in [5.74, 6) is 0.872. The van der Waals surface area contributed by atoms with Crippen LogP contribution in [0.4, 0.5) is 0 Å². The summed E-state index contributed by atoms with van der Waals surface area (Å²) in [7, 11) is 1.65. The van der Waals surface area contributed by atoms with E-state index < -0.39 is 0 Å². The number of methoxy groups -OCH3 is 1. The Labute approximate surface area is 103 Å². The lowest BCUT2D eigenvalue weighted by molar-refractivity contribution is 0.0955. The summed E-state index contributed by atoms with van der Waals surface area (Å²) in [6, 6.07) is 8.20. The third-order valence-electron chi connectivity index (χ3n) is 2.86. The molecule has 1 saturated carbocycles. The number of benzene rings is 1. The average molecular weight is 247 g/mol. The fourth-order valence-electron chi connectivity index (χ4n) is 1.74. The van der Waals surface area contributed by atoms with Gasteiger partial charge in [0.2, 0.25) is 0 Å². The predicted octanol–water partition coefficient (Wildman–Crippen LogP) is 2.80. The Morgan fingerprint density at radius 1 is 1.41 bits per heavy atom. The Bertz CT molecular complexity index is 572. The van der Waals surface area contributed by atoms with Gasteiger partial charge in [-0.1, -0.05) is 0 Å². The number of fused-ring (bicyclic) bond motifs is 1. The number of nitrogens with one attached hydrogen (secondary N) is 1. The predicted molar refractivity (Wildman–Crippen MR) is 68.9 cm³/mol. The van der Waals surface area contributed by atoms with Crippen LogP contribution in [-0.4, -0.2) is 19.1 Å². The summed E-state index contributed by atoms with van der Waals surface area (Å²) in [6.07, 6.45) is 2.23. The summed E-state index contributed by atoms with van der Waals surface area (Å²) in [5.41, 5.74) is 0. The minimum atomic E-state index is 0.0488. The summed E-state index contributed by atoms with van der Waals surface area (Å²) in [4.78, 5) is 12.7. The molecule has 1 aromatic heterocycles. The molecule has 1 N–H and O–H groups in total. The van der Waals surface area contributed by atoms with E-state index in [-0.39, 0.29) is 5.91 Å². The number of carbonyl (C=O) groups is 1. The van der Waals surface area contributed by atoms with Crippen molar-refractivity contribution in [2.24, 2.45) is 0 Å². The van der Waals surface area contributed by atoms with Crippen LogP contribution >= 0.6 is 11.3 Å². The van der Waals surface area contributed by atoms with Crippen molar-refractivity contribution in [2.45, 2.75) is 18.9 Å². The van der Waals surface area contributed by atoms with Crippen molar-refractivity contribution >= 4 is 27.3 Å². The third-order valence-corrected chi connectivity index (χ3v) is 3.97. The van der Waals surface area contributed by atoms with Gasteiger partial charge in [0.1, 0.15) is 5.75 Å². The van der Waals surface area contributed by atoms with Crippen molar-refractivity contribution in [1.82, 2.24) is 5.32 Å². The molecule has 1 aliphatic carbocycles. The van der Waals surface area contributed by atoms with Crippen molar-refractivity contribution in [2.75, 3.05) is 7.11 Å². The van der Waals surface area contributed by atoms with Crippen LogP contribution in [0.5, 0.6) is 5.75 Å². The van der Waals surface area contributed by atoms with Crippen molar-refractivity contribution in [3.05, 3.63) is 29.1 Å². The zero-order valence-corrected chi connectivity index (χ0v) is 10.3. The number of rotatable bonds is 3. The number of amides is 1. The normalized spacial score (nSPS) is 14.9. The SMILES string of the molecule is COc1ccc2sc(C(=O)NC3CC3)cc2c1. The van der Waals surface area contributed by atoms with E-state index in [0.717, 1.165) is 33.6 Å². The Hall–Kier alpha value is -1.55. The second-order valence-corrected chi connectivity index (χ2v) is 5.35. The Kier molecular flexibility index (Phi) is 2.52. The van der Waals surface area contributed by atoms with Crippen molar-refractivity contribution in [1.29, 1.82) is 0 Å². The Balaban J connectivity index is 1.91. The molecule has 0 bridgehead atoms. The number of ether oxygens (including phenoxy) is 1. The fraction of sp³-hybridized carbons (Fsp3) is 0.308. The van der Waals surface area contributed by atoms with E-state index in [9.17, 15) is 4.79 Å². The molecule has 88 valence electrons. The van der Waals surface area contributed by atoms with Gasteiger partial charge in [-0.2, -0.15) is 0 Å². The maximum Gasteiger partial charge on any atom is 0.261 e. The summed E-state index contributed by atoms with van der Waals surface area (Å²) >= 11 is 1.53. The zero-order chi connectivity index (χ0) is 11.8. The molecule has 0 saturated heterocycles. The number of carbonyl (C=O) groups excluding carboxylic acids is 1. The van der Waals surface area contributed by atoms with Crippen LogP contribution in [0.25, 0.3) is 10.1 Å². The molecule has 0 unspecified atom stereocenters. The maximum absolute atomic E-state index is 11.9. The number of hydrogen-bond acceptors (Lipinski definition) is 3. The molecule has 1 aromatic carbocycles. The highest BCUT2D eigenvalue weighted by molar-refractivity contribution is 7.20. The lowest BCUT2D eigenvalue weighted by Crippen LogP contribution is -2.24. The van der Waals surface area contributed by atoms with Gasteiger partial charge in [-0.3, -0.25) is 4.79 Å². The molecular weight excluding hydrogens is 234 g/mol. The highest BCUT2D eigenvalue weighted by Crippen LogP contribution is 2.29. The highest BCUT2D eigenvalue weighted by atomic mass is 32.1. The maximum atomic E-state index is 11.9. The monoisotopic (exact) mass is 247 g/mol. The largest absolute Gasteiger partial charge is 0.497 e. The molecule has 1 aliphatic rings. The summed E-state index contributed by atoms with van der Waals surface area (Å²) in [5, 5.41) is 4.07. The van der Waals surface area contributed by atoms with Gasteiger partial charge in [0.15, 0.2) is 0 Å². The molecule has 4 heteroatoms. The van der Waals surface area contributed by atoms with Crippen LogP contribution in [-0.2, 0) is 0 Å². The first kappa shape index (κ1) is 10.6. The molecule has 1 heterocycles. The Morgan fingerprint density at radius 2 is 2.24 bits per heavy atom. The van der Waals surface area contributed by atoms with Crippen molar-refractivity contribution < 1.29 is 9.53 Å². The molecule has 0 aliphatic heterocycles. The van der Waals surface area contributed by atoms with Crippen molar-refractivity contribution in [3.63, 3.8) is 0 Å². The molecule has 17 heavy (non-hydrogen) atoms. The van der Waals surface area contributed by atoms with Gasteiger partial charge in [-0.05, 0) is 42.5 Å². The van der Waals surface area contributed by atoms with Gasteiger partial charge < -0.3 is 10.1 Å². The summed E-state index contributed by atoms with van der Waals surface area (Å²) < 4.78 is 6.29. The molecular formula is C13H13NO2S. The molecule has 2 aromatic rings. The average Bonchev–Trinajstić information content (AvgIpc) is 3.04. The Morgan fingerprint density at radius 3 is 2.94 bits per heavy atom. The van der Waals surface area contributed by atoms with Crippen LogP contribution < -0.4 is 10.1 Å². The minimum absolute atomic E-state index is 0.0488. The lowest BCUT2D eigenvalue weighted by atomic mass is 10.2. The van der Waals surface area contributed by atoms with Crippen molar-refractivity contribution in [3.8, 4) is 5.75 Å². The lowest BCUT2D eigenvalue weighted by Gasteiger charge is -1.98. The first-order chi connectivity index (χ1) is 8.26. The van der Waals surface area contributed by atoms with Crippen LogP contribution in [0, 0.1) is 0 Å². The standard InChI is InChI=1S/C13H13NO2S/c1-16-10-4-5-11-8(6-10)7-12(17-11)13(15)14-9-2-3-9/h4-7,9H,2-3H2,1H3,(H,14,15). The molecule has 3 rings (SSSR count). The molecule has 0 spiro atoms. The molecule has 0 atom stereocenters. The van der Waals surface area contributed by atoms with E-state index in [1.807, 2.05) is 24.3 Å². The highest BCUT2D eigenvalue weighted by Gasteiger charge is 2.24. The van der Waals surface area contributed by atoms with Gasteiger partial charge in [-0.25, -0.2) is 0 Å². The van der Waals surface area contributed by atoms with Crippen LogP contribution in [0.1, 0.15) is 22.5 Å². The van der Waals surface area contributed by atoms with Gasteiger partial charge in [0.05, 0.1) is 12.0 Å². The van der Waals surface area contributed by atoms with E-state index in [2.05, 4.69) is 5.32 Å². The van der Waals surface area contributed by atoms with E-state index in [4.69, 9.17) is 4.74 Å². The van der Waals surface area contributed by atoms with E-state index in [1.54, 1.807) is 7.11 Å². The quantitative estimate of drug-likeness (QED) is 0.905. The van der Waals surface area contributed by atoms with E-state index in [1.165, 1.54) is 11.3 Å². The van der Waals surface area contributed by atoms with Gasteiger partial charge in [0.25, 0.3) is 5.91 Å². The summed E-state index contributed by atoms with van der Waals surface area (Å²) in [6.45, 7) is 0. The van der Waals surface area contributed by atoms with E-state index >= 15 is 0 Å². The molecule has 3 nitrogen and oxygen atoms in total. The zero-order valence-electron chi connectivity index (χ0n) is 9.53. The first-order valence-electron chi connectivity index (χ1n) is 5.65. The second kappa shape index (κ2) is 4.04. The molecule has 1 fully saturated rings. The smallest absolute Gasteiger partial charge is 0.261 e. The minimum Gasteiger partial charge on any atom is -0.497 e.